The Labute approximate surface area is 141 Å². The largest absolute Gasteiger partial charge is 0.502 e. The van der Waals surface area contributed by atoms with Crippen LogP contribution in [0.2, 0.25) is 5.02 Å². The number of hydrogen-bond donors (Lipinski definition) is 2. The molecule has 0 fully saturated rings. The van der Waals surface area contributed by atoms with Crippen LogP contribution >= 0.6 is 11.6 Å². The molecule has 0 heterocycles. The summed E-state index contributed by atoms with van der Waals surface area (Å²) in [7, 11) is 0. The van der Waals surface area contributed by atoms with Crippen LogP contribution in [0.25, 0.3) is 6.08 Å². The van der Waals surface area contributed by atoms with E-state index in [4.69, 9.17) is 22.6 Å². The molecule has 120 valence electrons. The fourth-order valence-electron chi connectivity index (χ4n) is 1.94. The molecular weight excluding hydrogens is 334 g/mol. The third-order valence-corrected chi connectivity index (χ3v) is 3.49. The Kier molecular flexibility index (Phi) is 4.82. The Morgan fingerprint density at radius 1 is 1.38 bits per heavy atom. The highest BCUT2D eigenvalue weighted by Gasteiger charge is 2.26. The number of nitro benzene ring substituents is 1. The molecule has 0 spiro atoms. The average molecular weight is 344 g/mol. The van der Waals surface area contributed by atoms with E-state index < -0.39 is 27.8 Å². The number of benzene rings is 2. The van der Waals surface area contributed by atoms with E-state index in [-0.39, 0.29) is 10.6 Å². The van der Waals surface area contributed by atoms with Crippen molar-refractivity contribution in [3.8, 4) is 11.8 Å². The van der Waals surface area contributed by atoms with Gasteiger partial charge < -0.3 is 10.8 Å². The Hall–Kier alpha value is -3.37. The van der Waals surface area contributed by atoms with Crippen LogP contribution in [0.1, 0.15) is 21.5 Å². The van der Waals surface area contributed by atoms with E-state index in [1.54, 1.807) is 24.3 Å². The number of carbonyl (C=O) groups excluding carboxylic acids is 1. The number of aromatic hydroxyl groups is 1. The van der Waals surface area contributed by atoms with Crippen molar-refractivity contribution in [1.82, 2.24) is 0 Å². The van der Waals surface area contributed by atoms with Crippen LogP contribution in [0.5, 0.6) is 5.75 Å². The number of nitrogens with zero attached hydrogens (tertiary/aromatic N) is 2. The van der Waals surface area contributed by atoms with Crippen molar-refractivity contribution in [2.75, 3.05) is 5.73 Å². The zero-order valence-electron chi connectivity index (χ0n) is 12.1. The zero-order chi connectivity index (χ0) is 17.9. The zero-order valence-corrected chi connectivity index (χ0v) is 12.8. The monoisotopic (exact) mass is 343 g/mol. The molecule has 2 aromatic carbocycles. The summed E-state index contributed by atoms with van der Waals surface area (Å²) in [5.74, 6) is -1.52. The lowest BCUT2D eigenvalue weighted by atomic mass is 10.1. The molecule has 0 saturated heterocycles. The maximum absolute atomic E-state index is 12.2. The van der Waals surface area contributed by atoms with Crippen LogP contribution in [0, 0.1) is 21.4 Å². The van der Waals surface area contributed by atoms with Gasteiger partial charge in [0.2, 0.25) is 5.75 Å². The molecule has 0 aromatic heterocycles. The molecule has 7 nitrogen and oxygen atoms in total. The summed E-state index contributed by atoms with van der Waals surface area (Å²) in [6, 6.07) is 9.44. The van der Waals surface area contributed by atoms with E-state index in [1.165, 1.54) is 6.08 Å². The molecule has 0 unspecified atom stereocenters. The van der Waals surface area contributed by atoms with Crippen LogP contribution in [-0.4, -0.2) is 15.8 Å². The first-order valence-corrected chi connectivity index (χ1v) is 6.91. The number of phenolic OH excluding ortho intramolecular Hbond substituents is 1. The molecule has 0 aliphatic carbocycles. The number of ketones is 1. The first-order chi connectivity index (χ1) is 11.3. The second-order valence-electron chi connectivity index (χ2n) is 4.71. The van der Waals surface area contributed by atoms with Gasteiger partial charge in [-0.05, 0) is 29.8 Å². The lowest BCUT2D eigenvalue weighted by Crippen LogP contribution is -2.03. The van der Waals surface area contributed by atoms with Gasteiger partial charge in [0.05, 0.1) is 27.1 Å². The molecule has 2 aromatic rings. The molecule has 0 bridgehead atoms. The Morgan fingerprint density at radius 2 is 2.00 bits per heavy atom. The Bertz CT molecular complexity index is 899. The molecule has 0 saturated carbocycles. The quantitative estimate of drug-likeness (QED) is 0.288. The summed E-state index contributed by atoms with van der Waals surface area (Å²) >= 11 is 5.78. The lowest BCUT2D eigenvalue weighted by Gasteiger charge is -2.06. The topological polar surface area (TPSA) is 130 Å². The number of allylic oxidation sites excluding steroid dienone is 1. The maximum Gasteiger partial charge on any atom is 0.335 e. The number of anilines is 1. The number of nitro groups is 1. The smallest absolute Gasteiger partial charge is 0.335 e. The number of nitriles is 1. The molecule has 0 radical (unpaired) electrons. The standard InChI is InChI=1S/C16H10ClN3O4/c17-12-7-11(16(22)15(14(12)19)20(23)24)13(21)6-5-9-1-3-10(8-18)4-2-9/h1-7,22H,19H2. The van der Waals surface area contributed by atoms with Gasteiger partial charge in [-0.1, -0.05) is 29.8 Å². The Balaban J connectivity index is 2.37. The van der Waals surface area contributed by atoms with Crippen molar-refractivity contribution >= 4 is 34.8 Å². The second-order valence-corrected chi connectivity index (χ2v) is 5.11. The van der Waals surface area contributed by atoms with Crippen molar-refractivity contribution in [2.24, 2.45) is 0 Å². The van der Waals surface area contributed by atoms with E-state index in [0.29, 0.717) is 11.1 Å². The van der Waals surface area contributed by atoms with E-state index in [2.05, 4.69) is 0 Å². The van der Waals surface area contributed by atoms with Gasteiger partial charge in [0.25, 0.3) is 0 Å². The van der Waals surface area contributed by atoms with Gasteiger partial charge in [0, 0.05) is 0 Å². The Morgan fingerprint density at radius 3 is 2.54 bits per heavy atom. The average Bonchev–Trinajstić information content (AvgIpc) is 2.56. The molecular formula is C16H10ClN3O4. The number of carbonyl (C=O) groups is 1. The van der Waals surface area contributed by atoms with Crippen LogP contribution in [-0.2, 0) is 0 Å². The number of hydrogen-bond acceptors (Lipinski definition) is 6. The van der Waals surface area contributed by atoms with Crippen LogP contribution < -0.4 is 5.73 Å². The number of phenols is 1. The number of halogens is 1. The summed E-state index contributed by atoms with van der Waals surface area (Å²) in [6.07, 6.45) is 2.58. The molecule has 0 aliphatic heterocycles. The van der Waals surface area contributed by atoms with Crippen LogP contribution in [0.15, 0.2) is 36.4 Å². The molecule has 0 amide bonds. The normalized spacial score (nSPS) is 10.5. The minimum absolute atomic E-state index is 0.199. The molecule has 24 heavy (non-hydrogen) atoms. The molecule has 0 aliphatic rings. The third-order valence-electron chi connectivity index (χ3n) is 3.18. The predicted molar refractivity (Wildman–Crippen MR) is 88.7 cm³/mol. The van der Waals surface area contributed by atoms with Crippen LogP contribution in [0.4, 0.5) is 11.4 Å². The van der Waals surface area contributed by atoms with Crippen molar-refractivity contribution in [1.29, 1.82) is 5.26 Å². The van der Waals surface area contributed by atoms with Crippen LogP contribution in [0.3, 0.4) is 0 Å². The minimum Gasteiger partial charge on any atom is -0.502 e. The summed E-state index contributed by atoms with van der Waals surface area (Å²) in [6.45, 7) is 0. The van der Waals surface area contributed by atoms with E-state index in [9.17, 15) is 20.0 Å². The summed E-state index contributed by atoms with van der Waals surface area (Å²) < 4.78 is 0. The predicted octanol–water partition coefficient (Wildman–Crippen LogP) is 3.30. The molecule has 0 atom stereocenters. The van der Waals surface area contributed by atoms with Gasteiger partial charge in [-0.25, -0.2) is 0 Å². The highest BCUT2D eigenvalue weighted by Crippen LogP contribution is 2.40. The van der Waals surface area contributed by atoms with Crippen molar-refractivity contribution in [3.05, 3.63) is 68.2 Å². The number of nitrogens with two attached hydrogens (primary N) is 1. The maximum atomic E-state index is 12.2. The summed E-state index contributed by atoms with van der Waals surface area (Å²) in [5.41, 5.74) is 5.02. The lowest BCUT2D eigenvalue weighted by molar-refractivity contribution is -0.384. The highest BCUT2D eigenvalue weighted by molar-refractivity contribution is 6.34. The summed E-state index contributed by atoms with van der Waals surface area (Å²) in [5, 5.41) is 29.4. The fourth-order valence-corrected chi connectivity index (χ4v) is 2.14. The fraction of sp³-hybridized carbons (Fsp3) is 0. The highest BCUT2D eigenvalue weighted by atomic mass is 35.5. The first-order valence-electron chi connectivity index (χ1n) is 6.53. The number of rotatable bonds is 4. The van der Waals surface area contributed by atoms with Gasteiger partial charge in [0.1, 0.15) is 5.69 Å². The molecule has 3 N–H and O–H groups in total. The minimum atomic E-state index is -0.905. The second kappa shape index (κ2) is 6.81. The van der Waals surface area contributed by atoms with Gasteiger partial charge >= 0.3 is 5.69 Å². The van der Waals surface area contributed by atoms with E-state index in [0.717, 1.165) is 12.1 Å². The van der Waals surface area contributed by atoms with Gasteiger partial charge in [0.15, 0.2) is 5.78 Å². The third kappa shape index (κ3) is 3.34. The van der Waals surface area contributed by atoms with Crippen molar-refractivity contribution in [2.45, 2.75) is 0 Å². The van der Waals surface area contributed by atoms with Gasteiger partial charge in [-0.3, -0.25) is 14.9 Å². The van der Waals surface area contributed by atoms with E-state index >= 15 is 0 Å². The van der Waals surface area contributed by atoms with Gasteiger partial charge in [-0.15, -0.1) is 0 Å². The summed E-state index contributed by atoms with van der Waals surface area (Å²) in [4.78, 5) is 22.2. The van der Waals surface area contributed by atoms with Crippen molar-refractivity contribution in [3.63, 3.8) is 0 Å². The van der Waals surface area contributed by atoms with Gasteiger partial charge in [-0.2, -0.15) is 5.26 Å². The molecule has 2 rings (SSSR count). The number of nitrogen functional groups attached to an aromatic ring is 1. The van der Waals surface area contributed by atoms with Crippen molar-refractivity contribution < 1.29 is 14.8 Å². The van der Waals surface area contributed by atoms with E-state index in [1.807, 2.05) is 6.07 Å². The first kappa shape index (κ1) is 17.0. The molecule has 8 heteroatoms. The SMILES string of the molecule is N#Cc1ccc(C=CC(=O)c2cc(Cl)c(N)c([N+](=O)[O-])c2O)cc1.